The first-order valence-electron chi connectivity index (χ1n) is 7.99. The highest BCUT2D eigenvalue weighted by molar-refractivity contribution is 5.75. The third-order valence-electron chi connectivity index (χ3n) is 3.97. The molecule has 2 aromatic carbocycles. The summed E-state index contributed by atoms with van der Waals surface area (Å²) >= 11 is 0. The first kappa shape index (κ1) is 15.6. The van der Waals surface area contributed by atoms with Gasteiger partial charge in [-0.1, -0.05) is 37.3 Å². The van der Waals surface area contributed by atoms with Gasteiger partial charge < -0.3 is 14.4 Å². The molecule has 0 saturated carbocycles. The van der Waals surface area contributed by atoms with Crippen LogP contribution in [-0.2, 0) is 13.0 Å². The summed E-state index contributed by atoms with van der Waals surface area (Å²) < 4.78 is 7.83. The van der Waals surface area contributed by atoms with Crippen LogP contribution in [0.5, 0.6) is 5.75 Å². The van der Waals surface area contributed by atoms with Crippen molar-refractivity contribution in [3.63, 3.8) is 0 Å². The highest BCUT2D eigenvalue weighted by Crippen LogP contribution is 2.19. The molecule has 4 nitrogen and oxygen atoms in total. The van der Waals surface area contributed by atoms with Crippen molar-refractivity contribution in [1.82, 2.24) is 9.55 Å². The fourth-order valence-electron chi connectivity index (χ4n) is 2.77. The lowest BCUT2D eigenvalue weighted by Crippen LogP contribution is -2.24. The molecule has 0 radical (unpaired) electrons. The van der Waals surface area contributed by atoms with Crippen LogP contribution in [0.25, 0.3) is 11.0 Å². The van der Waals surface area contributed by atoms with Crippen LogP contribution in [0.15, 0.2) is 48.5 Å². The van der Waals surface area contributed by atoms with Gasteiger partial charge in [-0.2, -0.15) is 0 Å². The maximum absolute atomic E-state index is 10.4. The Labute approximate surface area is 136 Å². The molecule has 1 N–H and O–H groups in total. The second-order valence-electron chi connectivity index (χ2n) is 5.71. The molecular formula is C19H22N2O2. The van der Waals surface area contributed by atoms with Gasteiger partial charge in [0.05, 0.1) is 17.6 Å². The van der Waals surface area contributed by atoms with Crippen molar-refractivity contribution in [2.24, 2.45) is 0 Å². The number of aromatic nitrogens is 2. The van der Waals surface area contributed by atoms with Crippen molar-refractivity contribution in [2.45, 2.75) is 32.9 Å². The molecule has 0 bridgehead atoms. The molecule has 0 spiro atoms. The number of nitrogens with zero attached hydrogens (tertiary/aromatic N) is 2. The third kappa shape index (κ3) is 3.37. The second-order valence-corrected chi connectivity index (χ2v) is 5.71. The maximum Gasteiger partial charge on any atom is 0.122 e. The minimum Gasteiger partial charge on any atom is -0.491 e. The van der Waals surface area contributed by atoms with Crippen LogP contribution < -0.4 is 4.74 Å². The monoisotopic (exact) mass is 310 g/mol. The highest BCUT2D eigenvalue weighted by atomic mass is 16.5. The Bertz CT molecular complexity index is 795. The zero-order valence-electron chi connectivity index (χ0n) is 13.6. The van der Waals surface area contributed by atoms with Gasteiger partial charge in [0.1, 0.15) is 24.3 Å². The normalized spacial score (nSPS) is 12.5. The number of hydrogen-bond donors (Lipinski definition) is 1. The average Bonchev–Trinajstić information content (AvgIpc) is 2.92. The fourth-order valence-corrected chi connectivity index (χ4v) is 2.77. The first-order chi connectivity index (χ1) is 11.2. The largest absolute Gasteiger partial charge is 0.491 e. The number of aliphatic hydroxyl groups excluding tert-OH is 1. The maximum atomic E-state index is 10.4. The number of rotatable bonds is 6. The van der Waals surface area contributed by atoms with E-state index in [1.165, 1.54) is 0 Å². The summed E-state index contributed by atoms with van der Waals surface area (Å²) in [4.78, 5) is 4.63. The molecule has 0 aliphatic heterocycles. The number of para-hydroxylation sites is 3. The Hall–Kier alpha value is -2.33. The summed E-state index contributed by atoms with van der Waals surface area (Å²) in [6.07, 6.45) is 0.248. The Morgan fingerprint density at radius 3 is 2.65 bits per heavy atom. The molecule has 1 unspecified atom stereocenters. The first-order valence-corrected chi connectivity index (χ1v) is 7.99. The molecule has 0 saturated heterocycles. The van der Waals surface area contributed by atoms with Crippen molar-refractivity contribution in [1.29, 1.82) is 0 Å². The molecule has 1 heterocycles. The summed E-state index contributed by atoms with van der Waals surface area (Å²) in [6.45, 7) is 4.82. The quantitative estimate of drug-likeness (QED) is 0.759. The lowest BCUT2D eigenvalue weighted by molar-refractivity contribution is 0.0924. The van der Waals surface area contributed by atoms with E-state index in [0.29, 0.717) is 6.54 Å². The predicted molar refractivity (Wildman–Crippen MR) is 91.8 cm³/mol. The molecule has 1 aromatic heterocycles. The van der Waals surface area contributed by atoms with Gasteiger partial charge in [-0.3, -0.25) is 0 Å². The van der Waals surface area contributed by atoms with Crippen molar-refractivity contribution < 1.29 is 9.84 Å². The minimum absolute atomic E-state index is 0.264. The zero-order chi connectivity index (χ0) is 16.2. The van der Waals surface area contributed by atoms with Gasteiger partial charge in [-0.25, -0.2) is 4.98 Å². The van der Waals surface area contributed by atoms with E-state index in [-0.39, 0.29) is 6.61 Å². The summed E-state index contributed by atoms with van der Waals surface area (Å²) in [5.74, 6) is 1.80. The van der Waals surface area contributed by atoms with Crippen molar-refractivity contribution in [3.05, 3.63) is 59.9 Å². The van der Waals surface area contributed by atoms with E-state index in [1.54, 1.807) is 0 Å². The van der Waals surface area contributed by atoms with Crippen LogP contribution in [0, 0.1) is 6.92 Å². The van der Waals surface area contributed by atoms with Crippen LogP contribution in [0.1, 0.15) is 18.3 Å². The van der Waals surface area contributed by atoms with E-state index < -0.39 is 6.10 Å². The average molecular weight is 310 g/mol. The van der Waals surface area contributed by atoms with Crippen LogP contribution in [0.3, 0.4) is 0 Å². The minimum atomic E-state index is -0.586. The van der Waals surface area contributed by atoms with Gasteiger partial charge in [-0.05, 0) is 30.7 Å². The molecule has 0 fully saturated rings. The Kier molecular flexibility index (Phi) is 4.63. The molecule has 3 rings (SSSR count). The molecular weight excluding hydrogens is 288 g/mol. The third-order valence-corrected chi connectivity index (χ3v) is 3.97. The molecule has 0 aliphatic carbocycles. The van der Waals surface area contributed by atoms with Crippen LogP contribution >= 0.6 is 0 Å². The van der Waals surface area contributed by atoms with E-state index in [9.17, 15) is 5.11 Å². The SMILES string of the molecule is CCc1nc2ccccc2n1CC(O)COc1ccccc1C. The van der Waals surface area contributed by atoms with Crippen molar-refractivity contribution >= 4 is 11.0 Å². The summed E-state index contributed by atoms with van der Waals surface area (Å²) in [5, 5.41) is 10.4. The van der Waals surface area contributed by atoms with Gasteiger partial charge >= 0.3 is 0 Å². The molecule has 0 aliphatic rings. The number of benzene rings is 2. The smallest absolute Gasteiger partial charge is 0.122 e. The lowest BCUT2D eigenvalue weighted by Gasteiger charge is -2.16. The zero-order valence-corrected chi connectivity index (χ0v) is 13.6. The van der Waals surface area contributed by atoms with Crippen LogP contribution in [-0.4, -0.2) is 27.4 Å². The Morgan fingerprint density at radius 1 is 1.13 bits per heavy atom. The summed E-state index contributed by atoms with van der Waals surface area (Å²) in [6, 6.07) is 15.9. The van der Waals surface area contributed by atoms with E-state index in [0.717, 1.165) is 34.6 Å². The summed E-state index contributed by atoms with van der Waals surface area (Å²) in [7, 11) is 0. The molecule has 4 heteroatoms. The number of fused-ring (bicyclic) bond motifs is 1. The van der Waals surface area contributed by atoms with Gasteiger partial charge in [0.2, 0.25) is 0 Å². The number of imidazole rings is 1. The Balaban J connectivity index is 1.73. The molecule has 120 valence electrons. The molecule has 0 amide bonds. The van der Waals surface area contributed by atoms with Gasteiger partial charge in [0, 0.05) is 6.42 Å². The topological polar surface area (TPSA) is 47.3 Å². The summed E-state index contributed by atoms with van der Waals surface area (Å²) in [5.41, 5.74) is 3.10. The molecule has 1 atom stereocenters. The standard InChI is InChI=1S/C19H22N2O2/c1-3-19-20-16-9-5-6-10-17(16)21(19)12-15(22)13-23-18-11-7-4-8-14(18)2/h4-11,15,22H,3,12-13H2,1-2H3. The highest BCUT2D eigenvalue weighted by Gasteiger charge is 2.14. The van der Waals surface area contributed by atoms with E-state index >= 15 is 0 Å². The van der Waals surface area contributed by atoms with Crippen molar-refractivity contribution in [3.8, 4) is 5.75 Å². The van der Waals surface area contributed by atoms with Gasteiger partial charge in [-0.15, -0.1) is 0 Å². The predicted octanol–water partition coefficient (Wildman–Crippen LogP) is 3.35. The van der Waals surface area contributed by atoms with Crippen LogP contribution in [0.2, 0.25) is 0 Å². The molecule has 3 aromatic rings. The van der Waals surface area contributed by atoms with E-state index in [1.807, 2.05) is 55.5 Å². The van der Waals surface area contributed by atoms with Crippen LogP contribution in [0.4, 0.5) is 0 Å². The fraction of sp³-hybridized carbons (Fsp3) is 0.316. The Morgan fingerprint density at radius 2 is 1.87 bits per heavy atom. The van der Waals surface area contributed by atoms with Crippen molar-refractivity contribution in [2.75, 3.05) is 6.61 Å². The van der Waals surface area contributed by atoms with Gasteiger partial charge in [0.15, 0.2) is 0 Å². The van der Waals surface area contributed by atoms with E-state index in [2.05, 4.69) is 16.5 Å². The number of hydrogen-bond acceptors (Lipinski definition) is 3. The second kappa shape index (κ2) is 6.84. The number of aliphatic hydroxyl groups is 1. The number of aryl methyl sites for hydroxylation is 2. The number of ether oxygens (including phenoxy) is 1. The lowest BCUT2D eigenvalue weighted by atomic mass is 10.2. The van der Waals surface area contributed by atoms with E-state index in [4.69, 9.17) is 4.74 Å². The van der Waals surface area contributed by atoms with Gasteiger partial charge in [0.25, 0.3) is 0 Å². The molecule has 23 heavy (non-hydrogen) atoms.